The Hall–Kier alpha value is -2.97. The van der Waals surface area contributed by atoms with E-state index in [1.54, 1.807) is 16.7 Å². The molecular weight excluding hydrogens is 420 g/mol. The second-order valence-electron chi connectivity index (χ2n) is 6.95. The van der Waals surface area contributed by atoms with Crippen LogP contribution in [-0.2, 0) is 17.9 Å². The lowest BCUT2D eigenvalue weighted by molar-refractivity contribution is -0.121. The Bertz CT molecular complexity index is 1240. The lowest BCUT2D eigenvalue weighted by Gasteiger charge is -2.10. The molecule has 1 amide bonds. The second-order valence-corrected chi connectivity index (χ2v) is 7.77. The van der Waals surface area contributed by atoms with Gasteiger partial charge in [0.15, 0.2) is 10.6 Å². The van der Waals surface area contributed by atoms with Crippen LogP contribution in [0, 0.1) is 11.7 Å². The fourth-order valence-corrected chi connectivity index (χ4v) is 3.75. The summed E-state index contributed by atoms with van der Waals surface area (Å²) in [4.78, 5) is 17.1. The number of carbonyl (C=O) groups excluding carboxylic acids is 1. The van der Waals surface area contributed by atoms with E-state index >= 15 is 0 Å². The van der Waals surface area contributed by atoms with E-state index in [0.717, 1.165) is 35.4 Å². The highest BCUT2D eigenvalue weighted by Crippen LogP contribution is 2.20. The molecule has 154 valence electrons. The Morgan fingerprint density at radius 1 is 1.17 bits per heavy atom. The molecule has 7 nitrogen and oxygen atoms in total. The number of H-pyrrole nitrogens is 1. The first-order valence-corrected chi connectivity index (χ1v) is 10.4. The van der Waals surface area contributed by atoms with Gasteiger partial charge in [0.05, 0.1) is 11.0 Å². The van der Waals surface area contributed by atoms with Crippen molar-refractivity contribution in [3.05, 3.63) is 64.1 Å². The molecule has 4 aromatic rings. The lowest BCUT2D eigenvalue weighted by Crippen LogP contribution is -2.29. The molecule has 0 radical (unpaired) electrons. The number of hydrogen-bond donors (Lipinski definition) is 2. The third-order valence-corrected chi connectivity index (χ3v) is 5.45. The van der Waals surface area contributed by atoms with Crippen molar-refractivity contribution < 1.29 is 4.79 Å². The number of para-hydroxylation sites is 2. The van der Waals surface area contributed by atoms with Gasteiger partial charge in [-0.3, -0.25) is 14.5 Å². The van der Waals surface area contributed by atoms with Gasteiger partial charge in [-0.15, -0.1) is 0 Å². The van der Waals surface area contributed by atoms with Crippen LogP contribution in [0.25, 0.3) is 22.4 Å². The molecule has 2 aromatic carbocycles. The summed E-state index contributed by atoms with van der Waals surface area (Å²) in [6.45, 7) is 3.44. The van der Waals surface area contributed by atoms with Crippen molar-refractivity contribution in [1.82, 2.24) is 29.6 Å². The number of carbonyl (C=O) groups is 1. The van der Waals surface area contributed by atoms with E-state index in [0.29, 0.717) is 22.2 Å². The molecule has 2 heterocycles. The third kappa shape index (κ3) is 4.29. The predicted octanol–water partition coefficient (Wildman–Crippen LogP) is 4.13. The summed E-state index contributed by atoms with van der Waals surface area (Å²) in [5, 5.41) is 10.6. The SMILES string of the molecule is Cc1nc2ccccc2n1CCCNC(=O)Cn1c(-c2ccc(Cl)cc2)n[nH]c1=S. The molecule has 9 heteroatoms. The first-order valence-electron chi connectivity index (χ1n) is 9.62. The third-order valence-electron chi connectivity index (χ3n) is 4.89. The maximum atomic E-state index is 12.5. The number of aromatic nitrogens is 5. The number of rotatable bonds is 7. The first-order chi connectivity index (χ1) is 14.5. The summed E-state index contributed by atoms with van der Waals surface area (Å²) in [6.07, 6.45) is 0.799. The summed E-state index contributed by atoms with van der Waals surface area (Å²) in [6, 6.07) is 15.3. The highest BCUT2D eigenvalue weighted by atomic mass is 35.5. The van der Waals surface area contributed by atoms with Gasteiger partial charge in [0, 0.05) is 23.7 Å². The maximum absolute atomic E-state index is 12.5. The summed E-state index contributed by atoms with van der Waals surface area (Å²) in [5.74, 6) is 1.46. The lowest BCUT2D eigenvalue weighted by atomic mass is 10.2. The van der Waals surface area contributed by atoms with Crippen molar-refractivity contribution in [1.29, 1.82) is 0 Å². The van der Waals surface area contributed by atoms with Crippen LogP contribution in [0.5, 0.6) is 0 Å². The number of imidazole rings is 1. The molecule has 0 saturated carbocycles. The van der Waals surface area contributed by atoms with Crippen molar-refractivity contribution in [3.63, 3.8) is 0 Å². The van der Waals surface area contributed by atoms with E-state index in [-0.39, 0.29) is 12.5 Å². The minimum Gasteiger partial charge on any atom is -0.354 e. The molecule has 0 bridgehead atoms. The van der Waals surface area contributed by atoms with Crippen LogP contribution >= 0.6 is 23.8 Å². The van der Waals surface area contributed by atoms with Gasteiger partial charge in [0.2, 0.25) is 5.91 Å². The molecule has 0 aliphatic rings. The van der Waals surface area contributed by atoms with Crippen molar-refractivity contribution in [3.8, 4) is 11.4 Å². The van der Waals surface area contributed by atoms with Gasteiger partial charge >= 0.3 is 0 Å². The molecule has 0 spiro atoms. The summed E-state index contributed by atoms with van der Waals surface area (Å²) in [7, 11) is 0. The summed E-state index contributed by atoms with van der Waals surface area (Å²) < 4.78 is 4.25. The number of aryl methyl sites for hydroxylation is 2. The van der Waals surface area contributed by atoms with Crippen molar-refractivity contribution in [2.24, 2.45) is 0 Å². The van der Waals surface area contributed by atoms with Crippen LogP contribution < -0.4 is 5.32 Å². The molecule has 2 N–H and O–H groups in total. The Balaban J connectivity index is 1.36. The zero-order valence-corrected chi connectivity index (χ0v) is 18.0. The van der Waals surface area contributed by atoms with E-state index in [1.807, 2.05) is 37.3 Å². The normalized spacial score (nSPS) is 11.1. The number of aromatic amines is 1. The van der Waals surface area contributed by atoms with Crippen LogP contribution in [0.2, 0.25) is 5.02 Å². The Kier molecular flexibility index (Phi) is 5.96. The average Bonchev–Trinajstić information content (AvgIpc) is 3.25. The van der Waals surface area contributed by atoms with Crippen LogP contribution in [0.15, 0.2) is 48.5 Å². The van der Waals surface area contributed by atoms with Crippen molar-refractivity contribution in [2.75, 3.05) is 6.54 Å². The number of benzene rings is 2. The molecule has 0 atom stereocenters. The number of amides is 1. The molecule has 4 rings (SSSR count). The molecule has 0 aliphatic carbocycles. The highest BCUT2D eigenvalue weighted by Gasteiger charge is 2.12. The Morgan fingerprint density at radius 3 is 2.73 bits per heavy atom. The van der Waals surface area contributed by atoms with Gasteiger partial charge in [0.1, 0.15) is 12.4 Å². The number of hydrogen-bond acceptors (Lipinski definition) is 4. The van der Waals surface area contributed by atoms with E-state index in [1.165, 1.54) is 0 Å². The number of nitrogens with zero attached hydrogens (tertiary/aromatic N) is 4. The molecule has 30 heavy (non-hydrogen) atoms. The standard InChI is InChI=1S/C21H21ClN6OS/c1-14-24-17-5-2-3-6-18(17)27(14)12-4-11-23-19(29)13-28-20(25-26-21(28)30)15-7-9-16(22)10-8-15/h2-3,5-10H,4,11-13H2,1H3,(H,23,29)(H,26,30). The van der Waals surface area contributed by atoms with Crippen LogP contribution in [0.3, 0.4) is 0 Å². The predicted molar refractivity (Wildman–Crippen MR) is 120 cm³/mol. The number of halogens is 1. The quantitative estimate of drug-likeness (QED) is 0.334. The van der Waals surface area contributed by atoms with Gasteiger partial charge in [0.25, 0.3) is 0 Å². The summed E-state index contributed by atoms with van der Waals surface area (Å²) >= 11 is 11.2. The minimum absolute atomic E-state index is 0.0975. The van der Waals surface area contributed by atoms with E-state index < -0.39 is 0 Å². The van der Waals surface area contributed by atoms with Crippen LogP contribution in [-0.4, -0.2) is 36.8 Å². The van der Waals surface area contributed by atoms with E-state index in [9.17, 15) is 4.79 Å². The Labute approximate surface area is 183 Å². The molecule has 0 unspecified atom stereocenters. The molecule has 0 fully saturated rings. The molecule has 0 aliphatic heterocycles. The largest absolute Gasteiger partial charge is 0.354 e. The fourth-order valence-electron chi connectivity index (χ4n) is 3.43. The van der Waals surface area contributed by atoms with Gasteiger partial charge in [-0.05, 0) is 62.0 Å². The first kappa shape index (κ1) is 20.3. The molecule has 0 saturated heterocycles. The van der Waals surface area contributed by atoms with Crippen LogP contribution in [0.4, 0.5) is 0 Å². The summed E-state index contributed by atoms with van der Waals surface area (Å²) in [5.41, 5.74) is 2.93. The van der Waals surface area contributed by atoms with Crippen LogP contribution in [0.1, 0.15) is 12.2 Å². The van der Waals surface area contributed by atoms with Gasteiger partial charge < -0.3 is 9.88 Å². The number of nitrogens with one attached hydrogen (secondary N) is 2. The molecule has 2 aromatic heterocycles. The fraction of sp³-hybridized carbons (Fsp3) is 0.238. The van der Waals surface area contributed by atoms with Crippen molar-refractivity contribution >= 4 is 40.8 Å². The molecular formula is C21H21ClN6OS. The van der Waals surface area contributed by atoms with Gasteiger partial charge in [-0.2, -0.15) is 5.10 Å². The zero-order valence-electron chi connectivity index (χ0n) is 16.4. The van der Waals surface area contributed by atoms with Crippen molar-refractivity contribution in [2.45, 2.75) is 26.4 Å². The second kappa shape index (κ2) is 8.81. The minimum atomic E-state index is -0.116. The zero-order chi connectivity index (χ0) is 21.1. The average molecular weight is 441 g/mol. The van der Waals surface area contributed by atoms with Gasteiger partial charge in [-0.25, -0.2) is 4.98 Å². The monoisotopic (exact) mass is 440 g/mol. The maximum Gasteiger partial charge on any atom is 0.240 e. The highest BCUT2D eigenvalue weighted by molar-refractivity contribution is 7.71. The van der Waals surface area contributed by atoms with Gasteiger partial charge in [-0.1, -0.05) is 23.7 Å². The topological polar surface area (TPSA) is 80.5 Å². The number of fused-ring (bicyclic) bond motifs is 1. The smallest absolute Gasteiger partial charge is 0.240 e. The van der Waals surface area contributed by atoms with E-state index in [4.69, 9.17) is 23.8 Å². The Morgan fingerprint density at radius 2 is 1.93 bits per heavy atom. The van der Waals surface area contributed by atoms with E-state index in [2.05, 4.69) is 31.1 Å².